The summed E-state index contributed by atoms with van der Waals surface area (Å²) in [5.41, 5.74) is 2.94. The predicted octanol–water partition coefficient (Wildman–Crippen LogP) is 2.89. The van der Waals surface area contributed by atoms with Crippen LogP contribution in [-0.2, 0) is 17.6 Å². The van der Waals surface area contributed by atoms with Gasteiger partial charge in [0.1, 0.15) is 5.75 Å². The maximum atomic E-state index is 11.0. The minimum atomic E-state index is 0.623. The summed E-state index contributed by atoms with van der Waals surface area (Å²) >= 11 is 0. The number of piperidine rings is 1. The van der Waals surface area contributed by atoms with E-state index in [-0.39, 0.29) is 0 Å². The molecule has 1 aliphatic carbocycles. The molecule has 0 saturated carbocycles. The van der Waals surface area contributed by atoms with Crippen molar-refractivity contribution in [3.05, 3.63) is 29.3 Å². The second-order valence-electron chi connectivity index (χ2n) is 7.14. The Morgan fingerprint density at radius 1 is 1.21 bits per heavy atom. The molecule has 0 spiro atoms. The Bertz CT molecular complexity index is 553. The van der Waals surface area contributed by atoms with Crippen LogP contribution in [0.5, 0.6) is 5.75 Å². The van der Waals surface area contributed by atoms with E-state index in [1.54, 1.807) is 7.11 Å². The first-order valence-electron chi connectivity index (χ1n) is 9.36. The lowest BCUT2D eigenvalue weighted by Crippen LogP contribution is -2.50. The van der Waals surface area contributed by atoms with Crippen LogP contribution in [0.1, 0.15) is 43.7 Å². The molecule has 1 aromatic rings. The Balaban J connectivity index is 1.71. The molecule has 1 unspecified atom stereocenters. The van der Waals surface area contributed by atoms with Crippen molar-refractivity contribution in [3.8, 4) is 5.75 Å². The third-order valence-electron chi connectivity index (χ3n) is 5.68. The smallest absolute Gasteiger partial charge is 0.209 e. The van der Waals surface area contributed by atoms with E-state index in [0.29, 0.717) is 12.1 Å². The van der Waals surface area contributed by atoms with Gasteiger partial charge < -0.3 is 9.64 Å². The van der Waals surface area contributed by atoms with Gasteiger partial charge in [-0.3, -0.25) is 9.69 Å². The quantitative estimate of drug-likeness (QED) is 0.752. The van der Waals surface area contributed by atoms with Gasteiger partial charge in [0, 0.05) is 25.2 Å². The molecule has 0 radical (unpaired) electrons. The second kappa shape index (κ2) is 8.02. The Labute approximate surface area is 145 Å². The van der Waals surface area contributed by atoms with Crippen LogP contribution in [0.3, 0.4) is 0 Å². The van der Waals surface area contributed by atoms with Crippen molar-refractivity contribution in [2.45, 2.75) is 57.5 Å². The van der Waals surface area contributed by atoms with E-state index in [2.05, 4.69) is 30.0 Å². The summed E-state index contributed by atoms with van der Waals surface area (Å²) in [7, 11) is 1.74. The topological polar surface area (TPSA) is 32.8 Å². The minimum Gasteiger partial charge on any atom is -0.497 e. The first kappa shape index (κ1) is 17.3. The molecule has 0 bridgehead atoms. The average molecular weight is 330 g/mol. The monoisotopic (exact) mass is 330 g/mol. The molecule has 1 saturated heterocycles. The number of methoxy groups -OCH3 is 1. The van der Waals surface area contributed by atoms with E-state index < -0.39 is 0 Å². The van der Waals surface area contributed by atoms with E-state index in [1.165, 1.54) is 24.0 Å². The van der Waals surface area contributed by atoms with Gasteiger partial charge in [0.15, 0.2) is 0 Å². The molecular weight excluding hydrogens is 300 g/mol. The molecule has 0 N–H and O–H groups in total. The largest absolute Gasteiger partial charge is 0.497 e. The molecule has 1 amide bonds. The number of amides is 1. The van der Waals surface area contributed by atoms with Crippen LogP contribution in [0, 0.1) is 0 Å². The summed E-state index contributed by atoms with van der Waals surface area (Å²) in [5, 5.41) is 0. The van der Waals surface area contributed by atoms with Crippen molar-refractivity contribution in [2.75, 3.05) is 26.7 Å². The number of nitrogens with zero attached hydrogens (tertiary/aromatic N) is 2. The summed E-state index contributed by atoms with van der Waals surface area (Å²) in [6.07, 6.45) is 7.95. The average Bonchev–Trinajstić information content (AvgIpc) is 2.65. The molecule has 0 aromatic heterocycles. The van der Waals surface area contributed by atoms with Gasteiger partial charge in [-0.2, -0.15) is 0 Å². The molecule has 1 atom stereocenters. The highest BCUT2D eigenvalue weighted by atomic mass is 16.5. The number of likely N-dealkylation sites (tertiary alicyclic amines) is 1. The van der Waals surface area contributed by atoms with Gasteiger partial charge in [0.05, 0.1) is 7.11 Å². The first-order chi connectivity index (χ1) is 11.7. The number of rotatable bonds is 6. The number of fused-ring (bicyclic) bond motifs is 1. The molecular formula is C20H30N2O2. The van der Waals surface area contributed by atoms with E-state index in [9.17, 15) is 4.79 Å². The molecule has 4 nitrogen and oxygen atoms in total. The predicted molar refractivity (Wildman–Crippen MR) is 96.5 cm³/mol. The zero-order valence-electron chi connectivity index (χ0n) is 15.0. The lowest BCUT2D eigenvalue weighted by Gasteiger charge is -2.43. The van der Waals surface area contributed by atoms with E-state index in [1.807, 2.05) is 4.90 Å². The van der Waals surface area contributed by atoms with Crippen LogP contribution in [-0.4, -0.2) is 55.0 Å². The lowest BCUT2D eigenvalue weighted by molar-refractivity contribution is -0.119. The molecule has 1 aliphatic heterocycles. The summed E-state index contributed by atoms with van der Waals surface area (Å²) in [5.74, 6) is 0.968. The Hall–Kier alpha value is -1.55. The number of carbonyl (C=O) groups is 1. The van der Waals surface area contributed by atoms with Crippen molar-refractivity contribution in [1.29, 1.82) is 0 Å². The number of aryl methyl sites for hydroxylation is 1. The standard InChI is InChI=1S/C20H30N2O2/c1-3-10-22(18-8-11-21(15-23)12-9-18)19-6-4-16-5-7-20(24-2)14-17(16)13-19/h5,7,14-15,18-19H,3-4,6,8-13H2,1-2H3. The van der Waals surface area contributed by atoms with E-state index >= 15 is 0 Å². The molecule has 2 aliphatic rings. The highest BCUT2D eigenvalue weighted by molar-refractivity contribution is 5.47. The van der Waals surface area contributed by atoms with Crippen molar-refractivity contribution < 1.29 is 9.53 Å². The number of benzene rings is 1. The minimum absolute atomic E-state index is 0.623. The van der Waals surface area contributed by atoms with Gasteiger partial charge in [0.2, 0.25) is 6.41 Å². The van der Waals surface area contributed by atoms with Gasteiger partial charge in [-0.15, -0.1) is 0 Å². The number of hydrogen-bond donors (Lipinski definition) is 0. The van der Waals surface area contributed by atoms with E-state index in [0.717, 1.165) is 57.5 Å². The molecule has 132 valence electrons. The highest BCUT2D eigenvalue weighted by Crippen LogP contribution is 2.30. The molecule has 3 rings (SSSR count). The first-order valence-corrected chi connectivity index (χ1v) is 9.36. The van der Waals surface area contributed by atoms with Crippen LogP contribution in [0.4, 0.5) is 0 Å². The molecule has 1 fully saturated rings. The Morgan fingerprint density at radius 2 is 2.00 bits per heavy atom. The van der Waals surface area contributed by atoms with E-state index in [4.69, 9.17) is 4.74 Å². The summed E-state index contributed by atoms with van der Waals surface area (Å²) in [6, 6.07) is 7.78. The normalized spacial score (nSPS) is 21.6. The van der Waals surface area contributed by atoms with Gasteiger partial charge in [-0.05, 0) is 68.3 Å². The maximum Gasteiger partial charge on any atom is 0.209 e. The van der Waals surface area contributed by atoms with Gasteiger partial charge in [0.25, 0.3) is 0 Å². The van der Waals surface area contributed by atoms with Crippen molar-refractivity contribution in [1.82, 2.24) is 9.80 Å². The zero-order chi connectivity index (χ0) is 16.9. The second-order valence-corrected chi connectivity index (χ2v) is 7.14. The van der Waals surface area contributed by atoms with Crippen molar-refractivity contribution in [2.24, 2.45) is 0 Å². The van der Waals surface area contributed by atoms with Crippen molar-refractivity contribution in [3.63, 3.8) is 0 Å². The third-order valence-corrected chi connectivity index (χ3v) is 5.68. The van der Waals surface area contributed by atoms with Crippen LogP contribution in [0.25, 0.3) is 0 Å². The lowest BCUT2D eigenvalue weighted by atomic mass is 9.86. The van der Waals surface area contributed by atoms with Crippen LogP contribution >= 0.6 is 0 Å². The molecule has 4 heteroatoms. The zero-order valence-corrected chi connectivity index (χ0v) is 15.0. The third kappa shape index (κ3) is 3.75. The Morgan fingerprint density at radius 3 is 2.67 bits per heavy atom. The van der Waals surface area contributed by atoms with Crippen LogP contribution in [0.15, 0.2) is 18.2 Å². The maximum absolute atomic E-state index is 11.0. The highest BCUT2D eigenvalue weighted by Gasteiger charge is 2.31. The van der Waals surface area contributed by atoms with Crippen LogP contribution < -0.4 is 4.74 Å². The fraction of sp³-hybridized carbons (Fsp3) is 0.650. The SMILES string of the molecule is CCCN(C1CCN(C=O)CC1)C1CCc2ccc(OC)cc2C1. The van der Waals surface area contributed by atoms with Crippen molar-refractivity contribution >= 4 is 6.41 Å². The van der Waals surface area contributed by atoms with Gasteiger partial charge in [-0.1, -0.05) is 13.0 Å². The Kier molecular flexibility index (Phi) is 5.77. The molecule has 24 heavy (non-hydrogen) atoms. The summed E-state index contributed by atoms with van der Waals surface area (Å²) < 4.78 is 5.41. The van der Waals surface area contributed by atoms with Gasteiger partial charge >= 0.3 is 0 Å². The number of carbonyl (C=O) groups excluding carboxylic acids is 1. The van der Waals surface area contributed by atoms with Crippen LogP contribution in [0.2, 0.25) is 0 Å². The fourth-order valence-electron chi connectivity index (χ4n) is 4.37. The molecule has 1 heterocycles. The summed E-state index contributed by atoms with van der Waals surface area (Å²) in [6.45, 7) is 5.25. The summed E-state index contributed by atoms with van der Waals surface area (Å²) in [4.78, 5) is 15.6. The fourth-order valence-corrected chi connectivity index (χ4v) is 4.37. The van der Waals surface area contributed by atoms with Gasteiger partial charge in [-0.25, -0.2) is 0 Å². The number of hydrogen-bond acceptors (Lipinski definition) is 3. The number of ether oxygens (including phenoxy) is 1. The molecule has 1 aromatic carbocycles.